The first-order valence-corrected chi connectivity index (χ1v) is 8.54. The molecule has 0 aromatic heterocycles. The Balaban J connectivity index is 0.00000676. The van der Waals surface area contributed by atoms with E-state index in [1.807, 2.05) is 0 Å². The minimum atomic E-state index is -4.34. The second kappa shape index (κ2) is 13.6. The van der Waals surface area contributed by atoms with Crippen molar-refractivity contribution in [2.75, 3.05) is 20.7 Å². The molecule has 0 saturated carbocycles. The SMILES string of the molecule is CN=C(NCCCCCCC(=O)OC)NCc1cccc(C(F)(F)F)c1.I. The molecule has 1 aromatic carbocycles. The third-order valence-corrected chi connectivity index (χ3v) is 3.77. The highest BCUT2D eigenvalue weighted by Crippen LogP contribution is 2.29. The fraction of sp³-hybridized carbons (Fsp3) is 0.556. The predicted molar refractivity (Wildman–Crippen MR) is 110 cm³/mol. The van der Waals surface area contributed by atoms with Crippen molar-refractivity contribution >= 4 is 35.9 Å². The largest absolute Gasteiger partial charge is 0.469 e. The van der Waals surface area contributed by atoms with Gasteiger partial charge in [-0.3, -0.25) is 9.79 Å². The van der Waals surface area contributed by atoms with Gasteiger partial charge in [0.2, 0.25) is 0 Å². The van der Waals surface area contributed by atoms with Gasteiger partial charge in [-0.05, 0) is 30.5 Å². The first kappa shape index (κ1) is 25.5. The smallest absolute Gasteiger partial charge is 0.416 e. The van der Waals surface area contributed by atoms with Crippen LogP contribution in [0.1, 0.15) is 43.2 Å². The third-order valence-electron chi connectivity index (χ3n) is 3.77. The van der Waals surface area contributed by atoms with Gasteiger partial charge in [-0.2, -0.15) is 13.2 Å². The predicted octanol–water partition coefficient (Wildman–Crippen LogP) is 4.11. The van der Waals surface area contributed by atoms with Gasteiger partial charge >= 0.3 is 12.1 Å². The van der Waals surface area contributed by atoms with Crippen LogP contribution in [0.3, 0.4) is 0 Å². The fourth-order valence-electron chi connectivity index (χ4n) is 2.32. The Morgan fingerprint density at radius 3 is 2.48 bits per heavy atom. The van der Waals surface area contributed by atoms with Crippen molar-refractivity contribution in [3.63, 3.8) is 0 Å². The van der Waals surface area contributed by atoms with Crippen LogP contribution in [0.15, 0.2) is 29.3 Å². The van der Waals surface area contributed by atoms with Crippen LogP contribution in [0.2, 0.25) is 0 Å². The van der Waals surface area contributed by atoms with Crippen molar-refractivity contribution in [1.29, 1.82) is 0 Å². The van der Waals surface area contributed by atoms with Crippen molar-refractivity contribution in [1.82, 2.24) is 10.6 Å². The van der Waals surface area contributed by atoms with Crippen LogP contribution >= 0.6 is 24.0 Å². The topological polar surface area (TPSA) is 62.7 Å². The van der Waals surface area contributed by atoms with E-state index in [1.54, 1.807) is 13.1 Å². The average molecular weight is 501 g/mol. The van der Waals surface area contributed by atoms with Crippen LogP contribution in [-0.2, 0) is 22.3 Å². The van der Waals surface area contributed by atoms with E-state index in [0.717, 1.165) is 37.8 Å². The summed E-state index contributed by atoms with van der Waals surface area (Å²) < 4.78 is 42.7. The molecule has 5 nitrogen and oxygen atoms in total. The van der Waals surface area contributed by atoms with Gasteiger partial charge in [-0.15, -0.1) is 24.0 Å². The van der Waals surface area contributed by atoms with Gasteiger partial charge in [0, 0.05) is 26.6 Å². The van der Waals surface area contributed by atoms with E-state index >= 15 is 0 Å². The number of unbranched alkanes of at least 4 members (excludes halogenated alkanes) is 3. The molecule has 9 heteroatoms. The highest BCUT2D eigenvalue weighted by molar-refractivity contribution is 14.0. The molecule has 27 heavy (non-hydrogen) atoms. The van der Waals surface area contributed by atoms with Crippen molar-refractivity contribution in [2.45, 2.75) is 44.8 Å². The lowest BCUT2D eigenvalue weighted by Gasteiger charge is -2.13. The van der Waals surface area contributed by atoms with Crippen molar-refractivity contribution in [3.05, 3.63) is 35.4 Å². The van der Waals surface area contributed by atoms with E-state index in [1.165, 1.54) is 13.2 Å². The minimum Gasteiger partial charge on any atom is -0.469 e. The zero-order chi connectivity index (χ0) is 19.4. The molecule has 0 aliphatic rings. The van der Waals surface area contributed by atoms with E-state index < -0.39 is 11.7 Å². The van der Waals surface area contributed by atoms with Gasteiger partial charge in [0.05, 0.1) is 12.7 Å². The van der Waals surface area contributed by atoms with Crippen LogP contribution in [0.5, 0.6) is 0 Å². The van der Waals surface area contributed by atoms with Gasteiger partial charge in [-0.1, -0.05) is 25.0 Å². The number of guanidine groups is 1. The lowest BCUT2D eigenvalue weighted by Crippen LogP contribution is -2.37. The lowest BCUT2D eigenvalue weighted by molar-refractivity contribution is -0.140. The standard InChI is InChI=1S/C18H26F3N3O2.HI/c1-22-17(23-11-6-4-3-5-10-16(25)26-2)24-13-14-8-7-9-15(12-14)18(19,20)21;/h7-9,12H,3-6,10-11,13H2,1-2H3,(H2,22,23,24);1H. The molecule has 0 saturated heterocycles. The van der Waals surface area contributed by atoms with Gasteiger partial charge in [0.1, 0.15) is 0 Å². The number of nitrogens with one attached hydrogen (secondary N) is 2. The second-order valence-electron chi connectivity index (χ2n) is 5.79. The van der Waals surface area contributed by atoms with Crippen molar-refractivity contribution in [3.8, 4) is 0 Å². The van der Waals surface area contributed by atoms with Crippen LogP contribution in [0.4, 0.5) is 13.2 Å². The summed E-state index contributed by atoms with van der Waals surface area (Å²) in [5, 5.41) is 6.12. The highest BCUT2D eigenvalue weighted by Gasteiger charge is 2.30. The fourth-order valence-corrected chi connectivity index (χ4v) is 2.32. The Hall–Kier alpha value is -1.52. The number of carbonyl (C=O) groups is 1. The average Bonchev–Trinajstić information content (AvgIpc) is 2.62. The van der Waals surface area contributed by atoms with E-state index in [2.05, 4.69) is 20.4 Å². The van der Waals surface area contributed by atoms with E-state index in [9.17, 15) is 18.0 Å². The molecular formula is C18H27F3IN3O2. The Kier molecular flexibility index (Phi) is 12.9. The number of benzene rings is 1. The molecule has 0 fully saturated rings. The second-order valence-corrected chi connectivity index (χ2v) is 5.79. The zero-order valence-corrected chi connectivity index (χ0v) is 17.9. The van der Waals surface area contributed by atoms with E-state index in [-0.39, 0.29) is 36.5 Å². The number of aliphatic imine (C=N–C) groups is 1. The molecule has 0 unspecified atom stereocenters. The Morgan fingerprint density at radius 2 is 1.85 bits per heavy atom. The number of halogens is 4. The summed E-state index contributed by atoms with van der Waals surface area (Å²) in [7, 11) is 2.99. The summed E-state index contributed by atoms with van der Waals surface area (Å²) in [6, 6.07) is 5.21. The molecule has 0 aliphatic carbocycles. The summed E-state index contributed by atoms with van der Waals surface area (Å²) in [5.74, 6) is 0.347. The Labute approximate surface area is 175 Å². The maximum absolute atomic E-state index is 12.7. The lowest BCUT2D eigenvalue weighted by atomic mass is 10.1. The maximum Gasteiger partial charge on any atom is 0.416 e. The number of alkyl halides is 3. The number of nitrogens with zero attached hydrogens (tertiary/aromatic N) is 1. The number of esters is 1. The molecule has 0 radical (unpaired) electrons. The van der Waals surface area contributed by atoms with E-state index in [0.29, 0.717) is 24.5 Å². The van der Waals surface area contributed by atoms with Gasteiger partial charge in [0.25, 0.3) is 0 Å². The number of carbonyl (C=O) groups excluding carboxylic acids is 1. The summed E-state index contributed by atoms with van der Waals surface area (Å²) in [6.07, 6.45) is -0.295. The van der Waals surface area contributed by atoms with Crippen LogP contribution in [-0.4, -0.2) is 32.6 Å². The van der Waals surface area contributed by atoms with Crippen molar-refractivity contribution in [2.24, 2.45) is 4.99 Å². The summed E-state index contributed by atoms with van der Waals surface area (Å²) in [4.78, 5) is 15.0. The molecule has 1 aromatic rings. The van der Waals surface area contributed by atoms with Crippen molar-refractivity contribution < 1.29 is 22.7 Å². The number of rotatable bonds is 9. The summed E-state index contributed by atoms with van der Waals surface area (Å²) in [5.41, 5.74) is -0.128. The van der Waals surface area contributed by atoms with Crippen LogP contribution in [0.25, 0.3) is 0 Å². The summed E-state index contributed by atoms with van der Waals surface area (Å²) >= 11 is 0. The molecule has 0 aliphatic heterocycles. The molecule has 1 rings (SSSR count). The highest BCUT2D eigenvalue weighted by atomic mass is 127. The quantitative estimate of drug-likeness (QED) is 0.176. The minimum absolute atomic E-state index is 0. The number of hydrogen-bond donors (Lipinski definition) is 2. The normalized spacial score (nSPS) is 11.5. The molecule has 154 valence electrons. The monoisotopic (exact) mass is 501 g/mol. The number of methoxy groups -OCH3 is 1. The van der Waals surface area contributed by atoms with Gasteiger partial charge in [-0.25, -0.2) is 0 Å². The Morgan fingerprint density at radius 1 is 1.15 bits per heavy atom. The molecule has 0 atom stereocenters. The van der Waals surface area contributed by atoms with Gasteiger partial charge < -0.3 is 15.4 Å². The molecule has 0 amide bonds. The first-order valence-electron chi connectivity index (χ1n) is 8.54. The molecule has 0 heterocycles. The third kappa shape index (κ3) is 11.0. The van der Waals surface area contributed by atoms with Crippen LogP contribution < -0.4 is 10.6 Å². The van der Waals surface area contributed by atoms with Crippen LogP contribution in [0, 0.1) is 0 Å². The molecule has 0 spiro atoms. The van der Waals surface area contributed by atoms with E-state index in [4.69, 9.17) is 0 Å². The number of ether oxygens (including phenoxy) is 1. The maximum atomic E-state index is 12.7. The zero-order valence-electron chi connectivity index (χ0n) is 15.6. The molecule has 2 N–H and O–H groups in total. The number of hydrogen-bond acceptors (Lipinski definition) is 3. The molecular weight excluding hydrogens is 474 g/mol. The van der Waals surface area contributed by atoms with Gasteiger partial charge in [0.15, 0.2) is 5.96 Å². The Bertz CT molecular complexity index is 595. The summed E-state index contributed by atoms with van der Waals surface area (Å²) in [6.45, 7) is 0.948. The first-order chi connectivity index (χ1) is 12.4. The molecule has 0 bridgehead atoms.